The molecule has 0 spiro atoms. The molecule has 1 aliphatic carbocycles. The lowest BCUT2D eigenvalue weighted by Crippen LogP contribution is -2.20. The normalized spacial score (nSPS) is 16.3. The Morgan fingerprint density at radius 1 is 1.32 bits per heavy atom. The zero-order chi connectivity index (χ0) is 14.0. The first-order valence-corrected chi connectivity index (χ1v) is 6.77. The van der Waals surface area contributed by atoms with Crippen LogP contribution in [0.15, 0.2) is 18.2 Å². The van der Waals surface area contributed by atoms with Crippen molar-refractivity contribution in [2.24, 2.45) is 5.41 Å². The van der Waals surface area contributed by atoms with E-state index in [0.29, 0.717) is 5.92 Å². The summed E-state index contributed by atoms with van der Waals surface area (Å²) in [4.78, 5) is 11.8. The Balaban J connectivity index is 2.22. The van der Waals surface area contributed by atoms with Crippen molar-refractivity contribution in [2.45, 2.75) is 39.0 Å². The van der Waals surface area contributed by atoms with Crippen LogP contribution in [0.1, 0.15) is 43.7 Å². The van der Waals surface area contributed by atoms with Crippen LogP contribution in [0.5, 0.6) is 5.75 Å². The summed E-state index contributed by atoms with van der Waals surface area (Å²) in [5.41, 5.74) is 2.12. The van der Waals surface area contributed by atoms with E-state index in [4.69, 9.17) is 9.47 Å². The number of carbonyl (C=O) groups excluding carboxylic acids is 1. The number of carbonyl (C=O) groups is 1. The van der Waals surface area contributed by atoms with Gasteiger partial charge in [0.15, 0.2) is 0 Å². The minimum Gasteiger partial charge on any atom is -0.496 e. The number of ether oxygens (including phenoxy) is 2. The maximum absolute atomic E-state index is 11.8. The predicted octanol–water partition coefficient (Wildman–Crippen LogP) is 3.31. The van der Waals surface area contributed by atoms with E-state index in [-0.39, 0.29) is 11.4 Å². The van der Waals surface area contributed by atoms with E-state index in [1.165, 1.54) is 18.2 Å². The molecule has 0 radical (unpaired) electrons. The van der Waals surface area contributed by atoms with Gasteiger partial charge in [-0.1, -0.05) is 26.0 Å². The Hall–Kier alpha value is -1.51. The van der Waals surface area contributed by atoms with E-state index in [0.717, 1.165) is 25.0 Å². The monoisotopic (exact) mass is 262 g/mol. The molecule has 0 heterocycles. The summed E-state index contributed by atoms with van der Waals surface area (Å²) in [6.07, 6.45) is 2.63. The van der Waals surface area contributed by atoms with Crippen molar-refractivity contribution in [2.75, 3.05) is 14.2 Å². The second kappa shape index (κ2) is 5.24. The molecule has 0 unspecified atom stereocenters. The van der Waals surface area contributed by atoms with E-state index in [1.807, 2.05) is 12.1 Å². The summed E-state index contributed by atoms with van der Waals surface area (Å²) in [5, 5.41) is 0. The topological polar surface area (TPSA) is 35.5 Å². The maximum Gasteiger partial charge on any atom is 0.312 e. The Kier molecular flexibility index (Phi) is 3.83. The smallest absolute Gasteiger partial charge is 0.312 e. The van der Waals surface area contributed by atoms with Gasteiger partial charge in [0.1, 0.15) is 5.75 Å². The lowest BCUT2D eigenvalue weighted by atomic mass is 9.92. The molecule has 0 atom stereocenters. The van der Waals surface area contributed by atoms with Gasteiger partial charge in [-0.3, -0.25) is 4.79 Å². The Morgan fingerprint density at radius 2 is 2.00 bits per heavy atom. The first-order chi connectivity index (χ1) is 9.02. The van der Waals surface area contributed by atoms with E-state index in [2.05, 4.69) is 19.9 Å². The van der Waals surface area contributed by atoms with Crippen molar-refractivity contribution in [1.82, 2.24) is 0 Å². The molecular weight excluding hydrogens is 240 g/mol. The third kappa shape index (κ3) is 2.75. The van der Waals surface area contributed by atoms with E-state index in [9.17, 15) is 4.79 Å². The predicted molar refractivity (Wildman–Crippen MR) is 74.5 cm³/mol. The average Bonchev–Trinajstić information content (AvgIpc) is 3.18. The molecule has 0 bridgehead atoms. The summed E-state index contributed by atoms with van der Waals surface area (Å²) in [7, 11) is 3.16. The van der Waals surface area contributed by atoms with Crippen LogP contribution in [-0.2, 0) is 16.0 Å². The van der Waals surface area contributed by atoms with Crippen LogP contribution in [0.4, 0.5) is 0 Å². The SMILES string of the molecule is COC(=O)C1(Cc2ccc(OC)c(C(C)C)c2)CC1. The van der Waals surface area contributed by atoms with E-state index in [1.54, 1.807) is 7.11 Å². The standard InChI is InChI=1S/C16H22O3/c1-11(2)13-9-12(5-6-14(13)18-3)10-16(7-8-16)15(17)19-4/h5-6,9,11H,7-8,10H2,1-4H3. The van der Waals surface area contributed by atoms with Gasteiger partial charge in [0.05, 0.1) is 19.6 Å². The van der Waals surface area contributed by atoms with Gasteiger partial charge < -0.3 is 9.47 Å². The molecule has 0 aliphatic heterocycles. The Labute approximate surface area is 114 Å². The van der Waals surface area contributed by atoms with E-state index < -0.39 is 0 Å². The van der Waals surface area contributed by atoms with Crippen molar-refractivity contribution < 1.29 is 14.3 Å². The zero-order valence-electron chi connectivity index (χ0n) is 12.2. The third-order valence-electron chi connectivity index (χ3n) is 3.93. The molecule has 2 rings (SSSR count). The summed E-state index contributed by atoms with van der Waals surface area (Å²) in [6.45, 7) is 4.30. The lowest BCUT2D eigenvalue weighted by Gasteiger charge is -2.16. The van der Waals surface area contributed by atoms with Crippen molar-refractivity contribution in [3.63, 3.8) is 0 Å². The fourth-order valence-corrected chi connectivity index (χ4v) is 2.56. The van der Waals surface area contributed by atoms with Crippen LogP contribution in [0.25, 0.3) is 0 Å². The van der Waals surface area contributed by atoms with Crippen LogP contribution >= 0.6 is 0 Å². The summed E-state index contributed by atoms with van der Waals surface area (Å²) >= 11 is 0. The second-order valence-electron chi connectivity index (χ2n) is 5.68. The van der Waals surface area contributed by atoms with Crippen molar-refractivity contribution >= 4 is 5.97 Å². The van der Waals surface area contributed by atoms with Gasteiger partial charge in [0.25, 0.3) is 0 Å². The highest BCUT2D eigenvalue weighted by atomic mass is 16.5. The van der Waals surface area contributed by atoms with Crippen LogP contribution < -0.4 is 4.74 Å². The van der Waals surface area contributed by atoms with Gasteiger partial charge in [-0.15, -0.1) is 0 Å². The van der Waals surface area contributed by atoms with Gasteiger partial charge in [0.2, 0.25) is 0 Å². The molecule has 0 aromatic heterocycles. The molecule has 104 valence electrons. The van der Waals surface area contributed by atoms with Crippen molar-refractivity contribution in [1.29, 1.82) is 0 Å². The number of methoxy groups -OCH3 is 2. The number of esters is 1. The molecule has 0 N–H and O–H groups in total. The molecule has 3 nitrogen and oxygen atoms in total. The average molecular weight is 262 g/mol. The van der Waals surface area contributed by atoms with Crippen LogP contribution in [0.2, 0.25) is 0 Å². The summed E-state index contributed by atoms with van der Waals surface area (Å²) in [6, 6.07) is 6.21. The minimum absolute atomic E-state index is 0.0746. The summed E-state index contributed by atoms with van der Waals surface area (Å²) < 4.78 is 10.3. The molecule has 3 heteroatoms. The fraction of sp³-hybridized carbons (Fsp3) is 0.562. The van der Waals surface area contributed by atoms with Crippen molar-refractivity contribution in [3.05, 3.63) is 29.3 Å². The minimum atomic E-state index is -0.266. The Bertz CT molecular complexity index is 473. The maximum atomic E-state index is 11.8. The Morgan fingerprint density at radius 3 is 2.47 bits per heavy atom. The first-order valence-electron chi connectivity index (χ1n) is 6.77. The van der Waals surface area contributed by atoms with Crippen molar-refractivity contribution in [3.8, 4) is 5.75 Å². The fourth-order valence-electron chi connectivity index (χ4n) is 2.56. The van der Waals surface area contributed by atoms with Crippen LogP contribution in [-0.4, -0.2) is 20.2 Å². The van der Waals surface area contributed by atoms with Crippen LogP contribution in [0.3, 0.4) is 0 Å². The first kappa shape index (κ1) is 13.9. The number of benzene rings is 1. The molecule has 1 fully saturated rings. The second-order valence-corrected chi connectivity index (χ2v) is 5.68. The third-order valence-corrected chi connectivity index (χ3v) is 3.93. The molecule has 1 aliphatic rings. The van der Waals surface area contributed by atoms with Gasteiger partial charge in [-0.25, -0.2) is 0 Å². The summed E-state index contributed by atoms with van der Waals surface area (Å²) in [5.74, 6) is 1.25. The number of hydrogen-bond acceptors (Lipinski definition) is 3. The number of rotatable bonds is 5. The zero-order valence-corrected chi connectivity index (χ0v) is 12.2. The highest BCUT2D eigenvalue weighted by Gasteiger charge is 2.50. The number of hydrogen-bond donors (Lipinski definition) is 0. The lowest BCUT2D eigenvalue weighted by molar-refractivity contribution is -0.147. The highest BCUT2D eigenvalue weighted by Crippen LogP contribution is 2.49. The van der Waals surface area contributed by atoms with Gasteiger partial charge in [-0.2, -0.15) is 0 Å². The van der Waals surface area contributed by atoms with Gasteiger partial charge in [0, 0.05) is 0 Å². The molecule has 1 saturated carbocycles. The largest absolute Gasteiger partial charge is 0.496 e. The van der Waals surface area contributed by atoms with Gasteiger partial charge >= 0.3 is 5.97 Å². The molecular formula is C16H22O3. The quantitative estimate of drug-likeness (QED) is 0.764. The van der Waals surface area contributed by atoms with Gasteiger partial charge in [-0.05, 0) is 42.4 Å². The van der Waals surface area contributed by atoms with E-state index >= 15 is 0 Å². The molecule has 0 amide bonds. The highest BCUT2D eigenvalue weighted by molar-refractivity contribution is 5.80. The molecule has 19 heavy (non-hydrogen) atoms. The molecule has 0 saturated heterocycles. The van der Waals surface area contributed by atoms with Crippen LogP contribution in [0, 0.1) is 5.41 Å². The molecule has 1 aromatic rings. The molecule has 1 aromatic carbocycles.